The standard InChI is InChI=1S/C11H13NOS.2C10H9BrOS.C10H9ClOS.C10H10O2S.C10H10OS2.C10H10OS.C9H7ClO2S.Pr/c1-12(2)8-3-4-9-10(13)5-6-14-11(9)7-8;1-6-2-3-9-7(4-6)10(12)8(11)5-13-9;1-6-9(11)10(12)7-4-2-3-5-8(7)13-6;1-6-4-9(12)8-5-7(11)2-3-10(8)13-6;2*1-12-7-2-3-8-9(11)4-5-13-10(8)6-7;1-7-6-9(11)8-4-2-3-5-10(8)12-7;10-5-1-2-7(12)9-8(5)6(11)3-4-13-9;/h3-4,7H,5-6H2,1-2H3;2-4,8H,5H2,1H3;2-6,9H,1H3;2-3,5-6H,4H2,1H3;2*2-3,6H,4-5H2,1H3;2-5,7H,6H2,1H3;1-2,12H,3-4H2;. The Kier molecular flexibility index (Phi) is 35.1. The quantitative estimate of drug-likeness (QED) is 0.131. The maximum absolute atomic E-state index is 11.8. The van der Waals surface area contributed by atoms with Crippen LogP contribution < -0.4 is 9.64 Å². The molecule has 0 saturated heterocycles. The second kappa shape index (κ2) is 42.3. The molecule has 0 fully saturated rings. The average Bonchev–Trinajstić information content (AvgIpc) is 0.806. The number of aryl methyl sites for hydroxylation is 1. The van der Waals surface area contributed by atoms with Crippen LogP contribution in [-0.2, 0) is 0 Å². The molecular weight excluding hydrogens is 1800 g/mol. The SMILES string of the molecule is CC1CC(=O)c2cc(Cl)ccc2S1.CC1CC(=O)c2ccccc2S1.CC1Sc2ccccc2C(=O)C1Br.CN(C)c1ccc2c(c1)SCCC2=O.COc1ccc2c(c1)SCCC2=O.CSc1ccc2c(c1)SCCC2=O.Cc1ccc2c(c1)C(=O)C(Br)CS2.O=C1CCSc2c(O)ccc(Cl)c21.[Pr]. The molecule has 1 N–H and O–H groups in total. The fourth-order valence-electron chi connectivity index (χ4n) is 11.2. The molecule has 105 heavy (non-hydrogen) atoms. The maximum atomic E-state index is 11.8. The van der Waals surface area contributed by atoms with Crippen molar-refractivity contribution in [3.63, 3.8) is 0 Å². The van der Waals surface area contributed by atoms with Crippen molar-refractivity contribution in [2.45, 2.75) is 136 Å². The number of aromatic hydroxyl groups is 1. The van der Waals surface area contributed by atoms with Gasteiger partial charge < -0.3 is 14.7 Å². The molecule has 0 saturated carbocycles. The maximum Gasteiger partial charge on any atom is 0.178 e. The second-order valence-corrected chi connectivity index (χ2v) is 38.4. The van der Waals surface area contributed by atoms with E-state index in [1.165, 1.54) is 22.7 Å². The number of hydrogen-bond donors (Lipinski definition) is 1. The number of nitrogens with zero attached hydrogens (tertiary/aromatic N) is 1. The van der Waals surface area contributed by atoms with E-state index in [0.717, 1.165) is 119 Å². The van der Waals surface area contributed by atoms with Crippen LogP contribution in [0.1, 0.15) is 148 Å². The van der Waals surface area contributed by atoms with Gasteiger partial charge in [-0.15, -0.1) is 106 Å². The van der Waals surface area contributed by atoms with Crippen LogP contribution in [0, 0.1) is 48.2 Å². The molecule has 8 heterocycles. The van der Waals surface area contributed by atoms with Crippen molar-refractivity contribution >= 4 is 213 Å². The summed E-state index contributed by atoms with van der Waals surface area (Å²) < 4.78 is 5.09. The molecule has 1 radical (unpaired) electrons. The number of Topliss-reactive ketones (excluding diaryl/α,β-unsaturated/α-hetero) is 8. The molecule has 8 aromatic carbocycles. The normalized spacial score (nSPS) is 19.0. The molecule has 0 bridgehead atoms. The number of alkyl halides is 2. The largest absolute Gasteiger partial charge is 0.507 e. The first-order valence-corrected chi connectivity index (χ1v) is 44.7. The van der Waals surface area contributed by atoms with Crippen molar-refractivity contribution < 1.29 is 89.5 Å². The Balaban J connectivity index is 0.000000152. The molecule has 5 atom stereocenters. The van der Waals surface area contributed by atoms with E-state index in [0.29, 0.717) is 80.6 Å². The fraction of sp³-hybridized carbons (Fsp3) is 0.300. The number of benzene rings is 8. The third-order valence-corrected chi connectivity index (χ3v) is 29.8. The van der Waals surface area contributed by atoms with Gasteiger partial charge in [0.2, 0.25) is 0 Å². The van der Waals surface area contributed by atoms with Crippen LogP contribution in [0.5, 0.6) is 11.5 Å². The number of ketones is 8. The van der Waals surface area contributed by atoms with Crippen molar-refractivity contribution in [2.24, 2.45) is 0 Å². The molecule has 0 amide bonds. The summed E-state index contributed by atoms with van der Waals surface area (Å²) in [4.78, 5) is 104. The van der Waals surface area contributed by atoms with Crippen LogP contribution in [-0.4, -0.2) is 133 Å². The van der Waals surface area contributed by atoms with E-state index in [2.05, 4.69) is 75.9 Å². The molecule has 16 rings (SSSR count). The Morgan fingerprint density at radius 3 is 1.61 bits per heavy atom. The van der Waals surface area contributed by atoms with Crippen LogP contribution in [0.3, 0.4) is 0 Å². The molecular formula is C80H77Br2Cl2NO10PrS9. The van der Waals surface area contributed by atoms with Gasteiger partial charge in [-0.3, -0.25) is 38.4 Å². The third kappa shape index (κ3) is 24.1. The number of phenolic OH excluding ortho intramolecular Hbond substituents is 1. The van der Waals surface area contributed by atoms with Gasteiger partial charge in [-0.25, -0.2) is 0 Å². The van der Waals surface area contributed by atoms with E-state index in [4.69, 9.17) is 27.9 Å². The second-order valence-electron chi connectivity index (χ2n) is 24.6. The molecule has 0 aliphatic carbocycles. The zero-order valence-corrected chi connectivity index (χ0v) is 74.7. The summed E-state index contributed by atoms with van der Waals surface area (Å²) in [5.41, 5.74) is 8.86. The third-order valence-electron chi connectivity index (χ3n) is 16.7. The number of thioether (sulfide) groups is 9. The van der Waals surface area contributed by atoms with Gasteiger partial charge in [0.1, 0.15) is 11.5 Å². The minimum atomic E-state index is -0.0348. The fourth-order valence-corrected chi connectivity index (χ4v) is 22.0. The topological polar surface area (TPSA) is 169 Å². The van der Waals surface area contributed by atoms with Crippen LogP contribution in [0.2, 0.25) is 10.0 Å². The minimum absolute atomic E-state index is 0. The van der Waals surface area contributed by atoms with Crippen molar-refractivity contribution in [3.8, 4) is 11.5 Å². The Labute approximate surface area is 713 Å². The van der Waals surface area contributed by atoms with Crippen LogP contribution in [0.15, 0.2) is 196 Å². The summed E-state index contributed by atoms with van der Waals surface area (Å²) in [5.74, 6) is 7.05. The molecule has 0 aromatic heterocycles. The van der Waals surface area contributed by atoms with Crippen LogP contribution in [0.25, 0.3) is 0 Å². The Hall–Kier alpha value is -3.43. The molecule has 8 aliphatic rings. The van der Waals surface area contributed by atoms with Gasteiger partial charge in [-0.1, -0.05) is 124 Å². The van der Waals surface area contributed by atoms with E-state index in [1.54, 1.807) is 113 Å². The molecule has 5 unspecified atom stereocenters. The van der Waals surface area contributed by atoms with Crippen LogP contribution >= 0.6 is 161 Å². The van der Waals surface area contributed by atoms with Crippen LogP contribution in [0.4, 0.5) is 5.69 Å². The Morgan fingerprint density at radius 1 is 0.495 bits per heavy atom. The van der Waals surface area contributed by atoms with Gasteiger partial charge in [0.05, 0.1) is 32.2 Å². The summed E-state index contributed by atoms with van der Waals surface area (Å²) in [6, 6.07) is 48.0. The average molecular weight is 1870 g/mol. The smallest absolute Gasteiger partial charge is 0.178 e. The molecule has 0 spiro atoms. The van der Waals surface area contributed by atoms with Gasteiger partial charge in [-0.2, -0.15) is 0 Å². The zero-order chi connectivity index (χ0) is 74.9. The number of fused-ring (bicyclic) bond motifs is 8. The Bertz CT molecular complexity index is 4480. The summed E-state index contributed by atoms with van der Waals surface area (Å²) >= 11 is 34.0. The summed E-state index contributed by atoms with van der Waals surface area (Å²) in [5, 5.41) is 11.7. The number of rotatable bonds is 3. The predicted octanol–water partition coefficient (Wildman–Crippen LogP) is 23.0. The van der Waals surface area contributed by atoms with Crippen molar-refractivity contribution in [1.82, 2.24) is 0 Å². The minimum Gasteiger partial charge on any atom is -0.507 e. The van der Waals surface area contributed by atoms with Gasteiger partial charge in [-0.05, 0) is 122 Å². The molecule has 8 aliphatic heterocycles. The molecule has 547 valence electrons. The number of ether oxygens (including phenoxy) is 1. The van der Waals surface area contributed by atoms with Crippen molar-refractivity contribution in [1.29, 1.82) is 0 Å². The van der Waals surface area contributed by atoms with E-state index >= 15 is 0 Å². The van der Waals surface area contributed by atoms with Gasteiger partial charge >= 0.3 is 0 Å². The zero-order valence-electron chi connectivity index (χ0n) is 58.9. The number of phenols is 1. The summed E-state index contributed by atoms with van der Waals surface area (Å²) in [6.07, 6.45) is 5.89. The first-order chi connectivity index (χ1) is 49.8. The number of carbonyl (C=O) groups is 8. The number of methoxy groups -OCH3 is 1. The predicted molar refractivity (Wildman–Crippen MR) is 448 cm³/mol. The number of anilines is 1. The number of halogens is 4. The summed E-state index contributed by atoms with van der Waals surface area (Å²) in [6.45, 7) is 8.24. The Morgan fingerprint density at radius 2 is 1.01 bits per heavy atom. The summed E-state index contributed by atoms with van der Waals surface area (Å²) in [7, 11) is 5.66. The van der Waals surface area contributed by atoms with Gasteiger partial charge in [0.15, 0.2) is 46.3 Å². The van der Waals surface area contributed by atoms with Crippen molar-refractivity contribution in [3.05, 3.63) is 212 Å². The number of carbonyl (C=O) groups excluding carboxylic acids is 8. The first-order valence-electron chi connectivity index (χ1n) is 33.3. The first kappa shape index (κ1) is 87.2. The van der Waals surface area contributed by atoms with E-state index < -0.39 is 0 Å². The van der Waals surface area contributed by atoms with Gasteiger partial charge in [0.25, 0.3) is 0 Å². The molecule has 25 heteroatoms. The molecule has 8 aromatic rings. The van der Waals surface area contributed by atoms with E-state index in [9.17, 15) is 43.5 Å². The number of hydrogen-bond acceptors (Lipinski definition) is 20. The van der Waals surface area contributed by atoms with E-state index in [1.807, 2.05) is 142 Å². The van der Waals surface area contributed by atoms with E-state index in [-0.39, 0.29) is 97.2 Å². The monoisotopic (exact) mass is 1870 g/mol. The van der Waals surface area contributed by atoms with Gasteiger partial charge in [0, 0.05) is 227 Å². The van der Waals surface area contributed by atoms with Crippen molar-refractivity contribution in [2.75, 3.05) is 61.1 Å². The molecule has 11 nitrogen and oxygen atoms in total.